The molecule has 1 aliphatic carbocycles. The molecule has 6 aliphatic rings. The number of carbonyl (C=O) groups is 6. The summed E-state index contributed by atoms with van der Waals surface area (Å²) >= 11 is 0. The third-order valence-corrected chi connectivity index (χ3v) is 18.6. The molecule has 24 nitrogen and oxygen atoms in total. The van der Waals surface area contributed by atoms with Crippen molar-refractivity contribution < 1.29 is 101 Å². The van der Waals surface area contributed by atoms with E-state index in [1.54, 1.807) is 38.5 Å². The quantitative estimate of drug-likeness (QED) is 0.0878. The second kappa shape index (κ2) is 29.2. The number of ether oxygens (including phenoxy) is 7. The van der Waals surface area contributed by atoms with Crippen LogP contribution in [0.5, 0.6) is 0 Å². The fourth-order valence-corrected chi connectivity index (χ4v) is 13.7. The van der Waals surface area contributed by atoms with Gasteiger partial charge in [0.25, 0.3) is 11.7 Å². The molecule has 6 rings (SSSR count). The number of amides is 2. The summed E-state index contributed by atoms with van der Waals surface area (Å²) in [6, 6.07) is -3.15. The van der Waals surface area contributed by atoms with Crippen molar-refractivity contribution in [3.05, 3.63) is 47.6 Å². The van der Waals surface area contributed by atoms with Crippen molar-refractivity contribution in [2.24, 2.45) is 41.4 Å². The van der Waals surface area contributed by atoms with Crippen LogP contribution in [-0.2, 0) is 67.3 Å². The molecule has 5 fully saturated rings. The number of rotatable bonds is 10. The van der Waals surface area contributed by atoms with Gasteiger partial charge in [-0.1, -0.05) is 64.2 Å². The van der Waals surface area contributed by atoms with Gasteiger partial charge in [0, 0.05) is 64.4 Å². The molecule has 0 aromatic heterocycles. The molecule has 0 spiro atoms. The van der Waals surface area contributed by atoms with Crippen molar-refractivity contribution in [3.8, 4) is 0 Å². The highest BCUT2D eigenvalue weighted by atomic mass is 32.2. The Balaban J connectivity index is 1.27. The smallest absolute Gasteiger partial charge is 0.422 e. The lowest BCUT2D eigenvalue weighted by Crippen LogP contribution is -2.65. The lowest BCUT2D eigenvalue weighted by molar-refractivity contribution is -0.266. The molecule has 82 heavy (non-hydrogen) atoms. The molecular formula is C57H87N3O21S. The van der Waals surface area contributed by atoms with E-state index < -0.39 is 155 Å². The molecule has 6 bridgehead atoms. The summed E-state index contributed by atoms with van der Waals surface area (Å²) in [7, 11) is -0.637. The maximum Gasteiger partial charge on any atom is 0.422 e. The Bertz CT molecular complexity index is 2510. The fourth-order valence-electron chi connectivity index (χ4n) is 12.7. The number of aliphatic hydroxyl groups excluding tert-OH is 5. The summed E-state index contributed by atoms with van der Waals surface area (Å²) in [6.45, 7) is 9.63. The highest BCUT2D eigenvalue weighted by Crippen LogP contribution is 2.46. The molecule has 25 heteroatoms. The average molecular weight is 1180 g/mol. The zero-order chi connectivity index (χ0) is 60.5. The van der Waals surface area contributed by atoms with Gasteiger partial charge in [-0.05, 0) is 101 Å². The van der Waals surface area contributed by atoms with Crippen molar-refractivity contribution in [2.75, 3.05) is 34.5 Å². The Kier molecular flexibility index (Phi) is 23.7. The maximum absolute atomic E-state index is 14.7. The molecule has 8 N–H and O–H groups in total. The topological polar surface area (TPSA) is 350 Å². The number of fused-ring (bicyclic) bond motifs is 3. The molecule has 21 atom stereocenters. The molecule has 462 valence electrons. The summed E-state index contributed by atoms with van der Waals surface area (Å²) in [6.07, 6.45) is -1.51. The SMILES string of the molecule is CO[C@H]1C[C@@H]2CC[C@@H](C)[C@@](O)(O2)C(=O)C(=O)N2CCCC3[C@H]2C(=O)O[C@@H](CC(=O)[C@H](C)/C=C(\C)[C@@H](O)[C@@H](OC)C(=O)[C@H](C)C[C@H](C)/C=C/C=C/C=C1C)[C@H]3C[C@@H]1CC[C@@H](OC(=O)NS(=O)(=O)N[C@H]2C(O)O[C@H](CO)[C@H](O)[C@@H]2O)[C@H](OC)C1. The number of methoxy groups -OCH3 is 3. The predicted molar refractivity (Wildman–Crippen MR) is 292 cm³/mol. The molecule has 5 heterocycles. The van der Waals surface area contributed by atoms with Crippen LogP contribution in [0, 0.1) is 41.4 Å². The Hall–Kier alpha value is -4.35. The van der Waals surface area contributed by atoms with Gasteiger partial charge in [-0.15, -0.1) is 0 Å². The third-order valence-electron chi connectivity index (χ3n) is 17.6. The molecule has 2 amide bonds. The third kappa shape index (κ3) is 15.9. The number of nitrogens with zero attached hydrogens (tertiary/aromatic N) is 1. The zero-order valence-corrected chi connectivity index (χ0v) is 49.2. The first-order chi connectivity index (χ1) is 38.7. The van der Waals surface area contributed by atoms with Crippen molar-refractivity contribution >= 4 is 45.5 Å². The van der Waals surface area contributed by atoms with Crippen LogP contribution in [0.15, 0.2) is 47.6 Å². The van der Waals surface area contributed by atoms with Crippen molar-refractivity contribution in [1.29, 1.82) is 0 Å². The van der Waals surface area contributed by atoms with Crippen LogP contribution in [0.25, 0.3) is 0 Å². The minimum Gasteiger partial charge on any atom is -0.460 e. The van der Waals surface area contributed by atoms with Crippen LogP contribution < -0.4 is 9.44 Å². The van der Waals surface area contributed by atoms with E-state index in [2.05, 4.69) is 0 Å². The highest BCUT2D eigenvalue weighted by Gasteiger charge is 2.57. The van der Waals surface area contributed by atoms with Gasteiger partial charge in [0.15, 0.2) is 12.1 Å². The van der Waals surface area contributed by atoms with E-state index in [-0.39, 0.29) is 62.1 Å². The number of hydrogen-bond donors (Lipinski definition) is 8. The molecular weight excluding hydrogens is 1090 g/mol. The van der Waals surface area contributed by atoms with Crippen LogP contribution in [-0.4, -0.2) is 199 Å². The van der Waals surface area contributed by atoms with Crippen molar-refractivity contribution in [3.63, 3.8) is 0 Å². The molecule has 2 unspecified atom stereocenters. The monoisotopic (exact) mass is 1180 g/mol. The molecule has 1 saturated carbocycles. The Morgan fingerprint density at radius 2 is 1.57 bits per heavy atom. The van der Waals surface area contributed by atoms with Gasteiger partial charge in [0.05, 0.1) is 24.9 Å². The number of Topliss-reactive ketones (excluding diaryl/α,β-unsaturated/α-hetero) is 3. The van der Waals surface area contributed by atoms with Gasteiger partial charge in [-0.25, -0.2) is 14.3 Å². The Morgan fingerprint density at radius 1 is 0.854 bits per heavy atom. The van der Waals surface area contributed by atoms with Gasteiger partial charge < -0.3 is 68.7 Å². The fraction of sp³-hybridized carbons (Fsp3) is 0.754. The summed E-state index contributed by atoms with van der Waals surface area (Å²) in [4.78, 5) is 86.2. The van der Waals surface area contributed by atoms with Gasteiger partial charge in [0.2, 0.25) is 5.79 Å². The van der Waals surface area contributed by atoms with E-state index >= 15 is 0 Å². The minimum atomic E-state index is -4.88. The number of ketones is 3. The lowest BCUT2D eigenvalue weighted by atomic mass is 9.68. The number of carbonyl (C=O) groups excluding carboxylic acids is 6. The largest absolute Gasteiger partial charge is 0.460 e. The molecule has 0 radical (unpaired) electrons. The Morgan fingerprint density at radius 3 is 2.24 bits per heavy atom. The molecule has 4 saturated heterocycles. The van der Waals surface area contributed by atoms with E-state index in [0.29, 0.717) is 44.1 Å². The summed E-state index contributed by atoms with van der Waals surface area (Å²) in [5.74, 6) is -10.2. The molecule has 0 aromatic carbocycles. The van der Waals surface area contributed by atoms with E-state index in [1.165, 1.54) is 21.3 Å². The normalized spacial score (nSPS) is 41.4. The molecule has 0 aromatic rings. The first kappa shape index (κ1) is 66.8. The highest BCUT2D eigenvalue weighted by molar-refractivity contribution is 7.88. The number of allylic oxidation sites excluding steroid dienone is 6. The van der Waals surface area contributed by atoms with Crippen molar-refractivity contribution in [2.45, 2.75) is 197 Å². The van der Waals surface area contributed by atoms with Crippen LogP contribution in [0.4, 0.5) is 4.79 Å². The lowest BCUT2D eigenvalue weighted by Gasteiger charge is -2.50. The van der Waals surface area contributed by atoms with E-state index in [1.807, 2.05) is 48.9 Å². The van der Waals surface area contributed by atoms with Crippen LogP contribution in [0.2, 0.25) is 0 Å². The predicted octanol–water partition coefficient (Wildman–Crippen LogP) is 1.77. The summed E-state index contributed by atoms with van der Waals surface area (Å²) < 4.78 is 69.7. The number of esters is 1. The maximum atomic E-state index is 14.7. The van der Waals surface area contributed by atoms with Gasteiger partial charge >= 0.3 is 22.3 Å². The van der Waals surface area contributed by atoms with E-state index in [9.17, 15) is 67.8 Å². The van der Waals surface area contributed by atoms with E-state index in [4.69, 9.17) is 33.2 Å². The first-order valence-electron chi connectivity index (χ1n) is 28.5. The van der Waals surface area contributed by atoms with E-state index in [0.717, 1.165) is 10.5 Å². The number of piperidine rings is 1. The summed E-state index contributed by atoms with van der Waals surface area (Å²) in [5, 5.41) is 64.0. The van der Waals surface area contributed by atoms with Gasteiger partial charge in [-0.3, -0.25) is 19.2 Å². The van der Waals surface area contributed by atoms with Crippen LogP contribution in [0.1, 0.15) is 112 Å². The molecule has 5 aliphatic heterocycles. The van der Waals surface area contributed by atoms with Gasteiger partial charge in [-0.2, -0.15) is 13.1 Å². The number of nitrogens with one attached hydrogen (secondary N) is 2. The number of hydrogen-bond acceptors (Lipinski definition) is 21. The Labute approximate surface area is 480 Å². The van der Waals surface area contributed by atoms with Gasteiger partial charge in [0.1, 0.15) is 60.6 Å². The second-order valence-corrected chi connectivity index (χ2v) is 24.8. The zero-order valence-electron chi connectivity index (χ0n) is 48.4. The van der Waals surface area contributed by atoms with Crippen LogP contribution in [0.3, 0.4) is 0 Å². The van der Waals surface area contributed by atoms with Crippen molar-refractivity contribution in [1.82, 2.24) is 14.3 Å². The minimum absolute atomic E-state index is 0.0290. The second-order valence-electron chi connectivity index (χ2n) is 23.4. The first-order valence-corrected chi connectivity index (χ1v) is 30.0. The summed E-state index contributed by atoms with van der Waals surface area (Å²) in [5.41, 5.74) is 1.13. The number of aliphatic hydroxyl groups is 6. The average Bonchev–Trinajstić information content (AvgIpc) is 3.59. The van der Waals surface area contributed by atoms with Crippen LogP contribution >= 0.6 is 0 Å². The standard InChI is InChI=1S/C57H87N3O21S/c1-29-14-11-10-12-15-30(2)41(75-7)26-36-19-17-34(6)57(72,81-36)52(67)53(68)60-21-13-16-37-38(42(78-55(70)46(37)60)27-39(62)31(3)23-33(5)48(64)51(77-9)47(63)32(4)22-29)24-35-18-20-40(43(25-35)76-8)80-56(71)59-82(73,74)58-45-50(66)49(65)44(28-61)79-54(45)69/h10-12,14-15,23,29,31-32,34-38,40-46,48-51,54,58,61,64-66,69,72H,13,16-22,24-28H2,1-9H3,(H,59,71)/b12-10+,14-11+,30-15?,33-23+/t29-,31-,32-,34-,35+,36+,37?,38+,40-,41+,42+,43-,44-,45-,46+,48-,49+,50-,51+,54?,57-/m1/s1.